The van der Waals surface area contributed by atoms with Crippen LogP contribution in [0.5, 0.6) is 0 Å². The summed E-state index contributed by atoms with van der Waals surface area (Å²) in [6.45, 7) is 11.0. The third-order valence-corrected chi connectivity index (χ3v) is 6.06. The zero-order valence-electron chi connectivity index (χ0n) is 18.2. The maximum atomic E-state index is 12.9. The molecule has 0 aromatic heterocycles. The maximum Gasteiger partial charge on any atom is 0.312 e. The Morgan fingerprint density at radius 2 is 1.28 bits per heavy atom. The van der Waals surface area contributed by atoms with Crippen molar-refractivity contribution in [3.8, 4) is 0 Å². The van der Waals surface area contributed by atoms with E-state index in [0.717, 1.165) is 5.56 Å². The van der Waals surface area contributed by atoms with E-state index < -0.39 is 34.2 Å². The summed E-state index contributed by atoms with van der Waals surface area (Å²) >= 11 is 0. The molecule has 0 heterocycles. The lowest BCUT2D eigenvalue weighted by Crippen LogP contribution is -2.52. The van der Waals surface area contributed by atoms with E-state index in [9.17, 15) is 24.6 Å². The van der Waals surface area contributed by atoms with Gasteiger partial charge < -0.3 is 14.9 Å². The van der Waals surface area contributed by atoms with Gasteiger partial charge in [0.1, 0.15) is 6.61 Å². The smallest absolute Gasteiger partial charge is 0.312 e. The van der Waals surface area contributed by atoms with Crippen LogP contribution >= 0.6 is 0 Å². The summed E-state index contributed by atoms with van der Waals surface area (Å²) in [4.78, 5) is 36.6. The molecule has 0 radical (unpaired) electrons. The molecule has 1 aliphatic carbocycles. The molecular weight excluding hydrogens is 372 g/mol. The number of carbonyl (C=O) groups excluding carboxylic acids is 1. The highest BCUT2D eigenvalue weighted by Gasteiger charge is 2.58. The van der Waals surface area contributed by atoms with E-state index in [0.29, 0.717) is 0 Å². The third kappa shape index (κ3) is 4.80. The van der Waals surface area contributed by atoms with Crippen molar-refractivity contribution in [1.82, 2.24) is 0 Å². The van der Waals surface area contributed by atoms with Crippen molar-refractivity contribution in [1.29, 1.82) is 0 Å². The second kappa shape index (κ2) is 7.47. The highest BCUT2D eigenvalue weighted by atomic mass is 16.5. The summed E-state index contributed by atoms with van der Waals surface area (Å²) in [6, 6.07) is 7.79. The van der Waals surface area contributed by atoms with E-state index >= 15 is 0 Å². The number of hydrogen-bond donors (Lipinski definition) is 2. The van der Waals surface area contributed by atoms with E-state index in [1.54, 1.807) is 6.92 Å². The molecule has 3 atom stereocenters. The van der Waals surface area contributed by atoms with E-state index in [1.165, 1.54) is 19.4 Å². The van der Waals surface area contributed by atoms with Crippen molar-refractivity contribution < 1.29 is 29.3 Å². The van der Waals surface area contributed by atoms with Crippen LogP contribution in [0.4, 0.5) is 0 Å². The summed E-state index contributed by atoms with van der Waals surface area (Å²) < 4.78 is 5.52. The topological polar surface area (TPSA) is 101 Å². The third-order valence-electron chi connectivity index (χ3n) is 6.06. The van der Waals surface area contributed by atoms with Crippen LogP contribution in [0.1, 0.15) is 71.9 Å². The first kappa shape index (κ1) is 22.9. The molecular formula is C23H32O6. The van der Waals surface area contributed by atoms with Crippen LogP contribution in [-0.2, 0) is 31.1 Å². The SMILES string of the molecule is CC1(C(=O)O)CC(C)(C(=O)OCc2ccc(C(C)(C)C)cc2)C[C@@](C)(C(=O)O)C1. The van der Waals surface area contributed by atoms with Gasteiger partial charge in [0.25, 0.3) is 0 Å². The highest BCUT2D eigenvalue weighted by molar-refractivity contribution is 5.84. The largest absolute Gasteiger partial charge is 0.481 e. The highest BCUT2D eigenvalue weighted by Crippen LogP contribution is 2.55. The lowest BCUT2D eigenvalue weighted by atomic mass is 9.54. The van der Waals surface area contributed by atoms with Gasteiger partial charge in [-0.15, -0.1) is 0 Å². The quantitative estimate of drug-likeness (QED) is 0.706. The number of carboxylic acid groups (broad SMARTS) is 2. The molecule has 6 heteroatoms. The lowest BCUT2D eigenvalue weighted by molar-refractivity contribution is -0.178. The van der Waals surface area contributed by atoms with Crippen molar-refractivity contribution >= 4 is 17.9 Å². The second-order valence-electron chi connectivity index (χ2n) is 10.3. The van der Waals surface area contributed by atoms with Crippen LogP contribution in [0.2, 0.25) is 0 Å². The van der Waals surface area contributed by atoms with Gasteiger partial charge in [0.2, 0.25) is 0 Å². The molecule has 0 bridgehead atoms. The number of carboxylic acids is 2. The Labute approximate surface area is 172 Å². The van der Waals surface area contributed by atoms with Crippen LogP contribution in [0.3, 0.4) is 0 Å². The second-order valence-corrected chi connectivity index (χ2v) is 10.3. The first-order valence-electron chi connectivity index (χ1n) is 9.85. The fraction of sp³-hybridized carbons (Fsp3) is 0.609. The summed E-state index contributed by atoms with van der Waals surface area (Å²) in [5.74, 6) is -2.75. The number of carbonyl (C=O) groups is 3. The molecule has 2 unspecified atom stereocenters. The molecule has 0 spiro atoms. The minimum atomic E-state index is -1.31. The predicted octanol–water partition coefficient (Wildman–Crippen LogP) is 4.40. The molecule has 6 nitrogen and oxygen atoms in total. The van der Waals surface area contributed by atoms with Gasteiger partial charge in [-0.25, -0.2) is 0 Å². The van der Waals surface area contributed by atoms with Gasteiger partial charge in [-0.2, -0.15) is 0 Å². The van der Waals surface area contributed by atoms with Gasteiger partial charge in [-0.1, -0.05) is 45.0 Å². The van der Waals surface area contributed by atoms with Crippen LogP contribution < -0.4 is 0 Å². The standard InChI is InChI=1S/C23H32O6/c1-20(2,3)16-9-7-15(8-10-16)11-29-19(28)23(6)13-21(4,17(24)25)12-22(5,14-23)18(26)27/h7-10H,11-14H2,1-6H3,(H,24,25)(H,26,27)/t21-,22?,23?/m0/s1. The molecule has 1 aromatic carbocycles. The molecule has 1 aromatic rings. The molecule has 0 aliphatic heterocycles. The summed E-state index contributed by atoms with van der Waals surface area (Å²) in [7, 11) is 0. The van der Waals surface area contributed by atoms with Crippen LogP contribution in [-0.4, -0.2) is 28.1 Å². The van der Waals surface area contributed by atoms with Gasteiger partial charge >= 0.3 is 17.9 Å². The average Bonchev–Trinajstić information content (AvgIpc) is 2.58. The number of rotatable bonds is 5. The normalized spacial score (nSPS) is 29.9. The molecule has 1 fully saturated rings. The Morgan fingerprint density at radius 1 is 0.862 bits per heavy atom. The first-order valence-corrected chi connectivity index (χ1v) is 9.85. The van der Waals surface area contributed by atoms with Crippen LogP contribution in [0, 0.1) is 16.2 Å². The van der Waals surface area contributed by atoms with Crippen molar-refractivity contribution in [2.45, 2.75) is 72.8 Å². The van der Waals surface area contributed by atoms with Crippen molar-refractivity contribution in [2.24, 2.45) is 16.2 Å². The number of ether oxygens (including phenoxy) is 1. The summed E-state index contributed by atoms with van der Waals surface area (Å²) in [5, 5.41) is 19.4. The number of hydrogen-bond acceptors (Lipinski definition) is 4. The number of aliphatic carboxylic acids is 2. The summed E-state index contributed by atoms with van der Waals surface area (Å²) in [5.41, 5.74) is -1.80. The van der Waals surface area contributed by atoms with E-state index in [-0.39, 0.29) is 31.3 Å². The minimum absolute atomic E-state index is 0.0212. The molecule has 160 valence electrons. The molecule has 2 rings (SSSR count). The van der Waals surface area contributed by atoms with Gasteiger partial charge in [0, 0.05) is 0 Å². The maximum absolute atomic E-state index is 12.9. The van der Waals surface area contributed by atoms with Gasteiger partial charge in [0.15, 0.2) is 0 Å². The molecule has 0 amide bonds. The Balaban J connectivity index is 2.19. The van der Waals surface area contributed by atoms with Crippen molar-refractivity contribution in [2.75, 3.05) is 0 Å². The minimum Gasteiger partial charge on any atom is -0.481 e. The molecule has 2 N–H and O–H groups in total. The van der Waals surface area contributed by atoms with Crippen LogP contribution in [0.15, 0.2) is 24.3 Å². The van der Waals surface area contributed by atoms with Gasteiger partial charge in [0.05, 0.1) is 16.2 Å². The Hall–Kier alpha value is -2.37. The fourth-order valence-electron chi connectivity index (χ4n) is 4.64. The molecule has 1 saturated carbocycles. The Kier molecular flexibility index (Phi) is 5.90. The van der Waals surface area contributed by atoms with Crippen molar-refractivity contribution in [3.63, 3.8) is 0 Å². The first-order chi connectivity index (χ1) is 13.1. The number of benzene rings is 1. The fourth-order valence-corrected chi connectivity index (χ4v) is 4.64. The van der Waals surface area contributed by atoms with Gasteiger partial charge in [-0.3, -0.25) is 14.4 Å². The number of esters is 1. The zero-order chi connectivity index (χ0) is 22.3. The van der Waals surface area contributed by atoms with Crippen molar-refractivity contribution in [3.05, 3.63) is 35.4 Å². The molecule has 1 aliphatic rings. The molecule has 0 saturated heterocycles. The monoisotopic (exact) mass is 404 g/mol. The van der Waals surface area contributed by atoms with Gasteiger partial charge in [-0.05, 0) is 56.6 Å². The average molecular weight is 405 g/mol. The molecule has 29 heavy (non-hydrogen) atoms. The zero-order valence-corrected chi connectivity index (χ0v) is 18.2. The van der Waals surface area contributed by atoms with Crippen LogP contribution in [0.25, 0.3) is 0 Å². The van der Waals surface area contributed by atoms with E-state index in [4.69, 9.17) is 4.74 Å². The Morgan fingerprint density at radius 3 is 1.66 bits per heavy atom. The predicted molar refractivity (Wildman–Crippen MR) is 108 cm³/mol. The Bertz CT molecular complexity index is 776. The lowest BCUT2D eigenvalue weighted by Gasteiger charge is -2.47. The van der Waals surface area contributed by atoms with E-state index in [2.05, 4.69) is 20.8 Å². The summed E-state index contributed by atoms with van der Waals surface area (Å²) in [6.07, 6.45) is 0.0573. The van der Waals surface area contributed by atoms with E-state index in [1.807, 2.05) is 24.3 Å².